The van der Waals surface area contributed by atoms with Gasteiger partial charge in [-0.05, 0) is 25.5 Å². The summed E-state index contributed by atoms with van der Waals surface area (Å²) in [5, 5.41) is 9.04. The first kappa shape index (κ1) is 9.73. The highest BCUT2D eigenvalue weighted by Gasteiger charge is 2.18. The molecule has 1 unspecified atom stereocenters. The molecule has 2 rings (SSSR count). The molecule has 0 spiro atoms. The molecule has 1 aliphatic carbocycles. The van der Waals surface area contributed by atoms with Gasteiger partial charge in [-0.15, -0.1) is 0 Å². The monoisotopic (exact) mass is 195 g/mol. The number of benzene rings is 1. The fourth-order valence-electron chi connectivity index (χ4n) is 1.97. The van der Waals surface area contributed by atoms with Crippen molar-refractivity contribution in [1.29, 1.82) is 5.26 Å². The Morgan fingerprint density at radius 1 is 1.20 bits per heavy atom. The van der Waals surface area contributed by atoms with Gasteiger partial charge in [-0.25, -0.2) is 0 Å². The summed E-state index contributed by atoms with van der Waals surface area (Å²) in [5.74, 6) is 0.292. The van der Waals surface area contributed by atoms with E-state index in [2.05, 4.69) is 32.1 Å². The zero-order valence-corrected chi connectivity index (χ0v) is 8.99. The van der Waals surface area contributed by atoms with Crippen LogP contribution in [0.4, 0.5) is 0 Å². The Labute approximate surface area is 90.4 Å². The number of hydrogen-bond acceptors (Lipinski definition) is 1. The molecule has 1 aromatic rings. The molecular weight excluding hydrogens is 182 g/mol. The minimum absolute atomic E-state index is 0.292. The molecule has 0 bridgehead atoms. The summed E-state index contributed by atoms with van der Waals surface area (Å²) in [7, 11) is 0. The smallest absolute Gasteiger partial charge is 0.0994 e. The van der Waals surface area contributed by atoms with E-state index in [1.54, 1.807) is 0 Å². The van der Waals surface area contributed by atoms with Crippen molar-refractivity contribution in [3.05, 3.63) is 58.7 Å². The second-order valence-corrected chi connectivity index (χ2v) is 3.90. The normalized spacial score (nSPS) is 19.4. The van der Waals surface area contributed by atoms with E-state index in [9.17, 15) is 0 Å². The molecule has 1 aliphatic rings. The Morgan fingerprint density at radius 3 is 2.53 bits per heavy atom. The molecule has 0 radical (unpaired) electrons. The molecule has 1 nitrogen and oxygen atoms in total. The van der Waals surface area contributed by atoms with Crippen LogP contribution in [-0.4, -0.2) is 0 Å². The standard InChI is InChI=1S/C14H13N/c1-10-7-8-13(11(10)2)14-6-4-3-5-12(14)9-15/h3-8,13H,1-2H3. The highest BCUT2D eigenvalue weighted by molar-refractivity contribution is 5.50. The lowest BCUT2D eigenvalue weighted by Gasteiger charge is -2.12. The third-order valence-electron chi connectivity index (χ3n) is 3.04. The lowest BCUT2D eigenvalue weighted by Crippen LogP contribution is -1.97. The maximum absolute atomic E-state index is 9.04. The van der Waals surface area contributed by atoms with Crippen LogP contribution < -0.4 is 0 Å². The molecule has 0 fully saturated rings. The Balaban J connectivity index is 2.49. The van der Waals surface area contributed by atoms with Crippen LogP contribution in [0.1, 0.15) is 30.9 Å². The van der Waals surface area contributed by atoms with E-state index in [0.717, 1.165) is 11.1 Å². The fourth-order valence-corrected chi connectivity index (χ4v) is 1.97. The van der Waals surface area contributed by atoms with E-state index in [1.807, 2.05) is 24.3 Å². The third-order valence-corrected chi connectivity index (χ3v) is 3.04. The molecular formula is C14H13N. The summed E-state index contributed by atoms with van der Waals surface area (Å²) in [4.78, 5) is 0. The van der Waals surface area contributed by atoms with Gasteiger partial charge in [0.2, 0.25) is 0 Å². The van der Waals surface area contributed by atoms with E-state index in [0.29, 0.717) is 5.92 Å². The first-order valence-electron chi connectivity index (χ1n) is 5.08. The summed E-state index contributed by atoms with van der Waals surface area (Å²) in [5.41, 5.74) is 4.55. The zero-order chi connectivity index (χ0) is 10.8. The average molecular weight is 195 g/mol. The van der Waals surface area contributed by atoms with Gasteiger partial charge in [0.25, 0.3) is 0 Å². The lowest BCUT2D eigenvalue weighted by atomic mass is 9.90. The largest absolute Gasteiger partial charge is 0.192 e. The summed E-state index contributed by atoms with van der Waals surface area (Å²) >= 11 is 0. The molecule has 1 aromatic carbocycles. The number of allylic oxidation sites excluding steroid dienone is 4. The molecule has 0 aliphatic heterocycles. The first-order valence-corrected chi connectivity index (χ1v) is 5.08. The van der Waals surface area contributed by atoms with Crippen LogP contribution in [0, 0.1) is 11.3 Å². The summed E-state index contributed by atoms with van der Waals surface area (Å²) < 4.78 is 0. The van der Waals surface area contributed by atoms with Crippen LogP contribution in [-0.2, 0) is 0 Å². The molecule has 0 saturated heterocycles. The second kappa shape index (κ2) is 3.74. The van der Waals surface area contributed by atoms with Crippen molar-refractivity contribution < 1.29 is 0 Å². The highest BCUT2D eigenvalue weighted by Crippen LogP contribution is 2.34. The van der Waals surface area contributed by atoms with Crippen LogP contribution >= 0.6 is 0 Å². The predicted molar refractivity (Wildman–Crippen MR) is 61.4 cm³/mol. The van der Waals surface area contributed by atoms with Crippen LogP contribution in [0.3, 0.4) is 0 Å². The molecule has 74 valence electrons. The van der Waals surface area contributed by atoms with Crippen LogP contribution in [0.5, 0.6) is 0 Å². The van der Waals surface area contributed by atoms with Crippen LogP contribution in [0.2, 0.25) is 0 Å². The minimum atomic E-state index is 0.292. The predicted octanol–water partition coefficient (Wildman–Crippen LogP) is 3.55. The van der Waals surface area contributed by atoms with Gasteiger partial charge in [0.15, 0.2) is 0 Å². The number of hydrogen-bond donors (Lipinski definition) is 0. The summed E-state index contributed by atoms with van der Waals surface area (Å²) in [6.45, 7) is 4.25. The fraction of sp³-hybridized carbons (Fsp3) is 0.214. The van der Waals surface area contributed by atoms with E-state index >= 15 is 0 Å². The van der Waals surface area contributed by atoms with Crippen molar-refractivity contribution in [2.45, 2.75) is 19.8 Å². The van der Waals surface area contributed by atoms with Crippen molar-refractivity contribution >= 4 is 0 Å². The summed E-state index contributed by atoms with van der Waals surface area (Å²) in [6, 6.07) is 10.1. The Kier molecular flexibility index (Phi) is 2.43. The second-order valence-electron chi connectivity index (χ2n) is 3.90. The molecule has 0 amide bonds. The van der Waals surface area contributed by atoms with Crippen LogP contribution in [0.25, 0.3) is 0 Å². The van der Waals surface area contributed by atoms with Gasteiger partial charge in [0.1, 0.15) is 0 Å². The van der Waals surface area contributed by atoms with E-state index in [1.165, 1.54) is 11.1 Å². The third kappa shape index (κ3) is 1.59. The maximum atomic E-state index is 9.04. The van der Waals surface area contributed by atoms with Gasteiger partial charge >= 0.3 is 0 Å². The number of nitriles is 1. The van der Waals surface area contributed by atoms with Crippen molar-refractivity contribution in [2.75, 3.05) is 0 Å². The van der Waals surface area contributed by atoms with Crippen molar-refractivity contribution in [1.82, 2.24) is 0 Å². The zero-order valence-electron chi connectivity index (χ0n) is 8.99. The SMILES string of the molecule is CC1=C(C)C(c2ccccc2C#N)C=C1. The Bertz CT molecular complexity index is 486. The molecule has 0 heterocycles. The van der Waals surface area contributed by atoms with Gasteiger partial charge in [0.05, 0.1) is 11.6 Å². The van der Waals surface area contributed by atoms with Gasteiger partial charge < -0.3 is 0 Å². The van der Waals surface area contributed by atoms with Gasteiger partial charge in [-0.2, -0.15) is 5.26 Å². The lowest BCUT2D eigenvalue weighted by molar-refractivity contribution is 0.996. The Hall–Kier alpha value is -1.81. The molecule has 0 N–H and O–H groups in total. The van der Waals surface area contributed by atoms with E-state index in [-0.39, 0.29) is 0 Å². The van der Waals surface area contributed by atoms with E-state index in [4.69, 9.17) is 5.26 Å². The molecule has 0 saturated carbocycles. The Morgan fingerprint density at radius 2 is 1.93 bits per heavy atom. The van der Waals surface area contributed by atoms with Crippen molar-refractivity contribution in [3.8, 4) is 6.07 Å². The number of nitrogens with zero attached hydrogens (tertiary/aromatic N) is 1. The van der Waals surface area contributed by atoms with E-state index < -0.39 is 0 Å². The molecule has 0 aromatic heterocycles. The highest BCUT2D eigenvalue weighted by atomic mass is 14.3. The molecule has 15 heavy (non-hydrogen) atoms. The topological polar surface area (TPSA) is 23.8 Å². The number of rotatable bonds is 1. The van der Waals surface area contributed by atoms with Crippen LogP contribution in [0.15, 0.2) is 47.6 Å². The van der Waals surface area contributed by atoms with Gasteiger partial charge in [-0.3, -0.25) is 0 Å². The molecule has 1 heteroatoms. The maximum Gasteiger partial charge on any atom is 0.0994 e. The van der Waals surface area contributed by atoms with Crippen molar-refractivity contribution in [3.63, 3.8) is 0 Å². The summed E-state index contributed by atoms with van der Waals surface area (Å²) in [6.07, 6.45) is 4.30. The van der Waals surface area contributed by atoms with Gasteiger partial charge in [-0.1, -0.05) is 41.5 Å². The average Bonchev–Trinajstić information content (AvgIpc) is 2.60. The first-order chi connectivity index (χ1) is 7.24. The minimum Gasteiger partial charge on any atom is -0.192 e. The molecule has 1 atom stereocenters. The van der Waals surface area contributed by atoms with Gasteiger partial charge in [0, 0.05) is 5.92 Å². The van der Waals surface area contributed by atoms with Crippen molar-refractivity contribution in [2.24, 2.45) is 0 Å². The quantitative estimate of drug-likeness (QED) is 0.672.